The van der Waals surface area contributed by atoms with Gasteiger partial charge in [-0.2, -0.15) is 0 Å². The smallest absolute Gasteiger partial charge is 0.410 e. The lowest BCUT2D eigenvalue weighted by Gasteiger charge is -2.37. The Morgan fingerprint density at radius 2 is 2.04 bits per heavy atom. The van der Waals surface area contributed by atoms with E-state index in [2.05, 4.69) is 22.5 Å². The number of para-hydroxylation sites is 1. The third kappa shape index (κ3) is 3.78. The highest BCUT2D eigenvalue weighted by atomic mass is 32.2. The van der Waals surface area contributed by atoms with Gasteiger partial charge in [-0.25, -0.2) is 4.79 Å². The average molecular weight is 366 g/mol. The molecule has 3 rings (SSSR count). The van der Waals surface area contributed by atoms with Crippen LogP contribution >= 0.6 is 24.0 Å². The lowest BCUT2D eigenvalue weighted by molar-refractivity contribution is 0.123. The number of ether oxygens (including phenoxy) is 1. The van der Waals surface area contributed by atoms with Crippen LogP contribution in [-0.2, 0) is 4.74 Å². The summed E-state index contributed by atoms with van der Waals surface area (Å²) in [6, 6.07) is 8.44. The van der Waals surface area contributed by atoms with E-state index in [0.29, 0.717) is 6.54 Å². The van der Waals surface area contributed by atoms with Crippen molar-refractivity contribution in [3.8, 4) is 0 Å². The number of piperidine rings is 1. The number of thiocarbonyl (C=S) groups is 1. The van der Waals surface area contributed by atoms with Crippen molar-refractivity contribution in [2.45, 2.75) is 36.8 Å². The van der Waals surface area contributed by atoms with Gasteiger partial charge in [-0.3, -0.25) is 0 Å². The van der Waals surface area contributed by atoms with Gasteiger partial charge in [-0.05, 0) is 50.4 Å². The van der Waals surface area contributed by atoms with E-state index in [-0.39, 0.29) is 18.2 Å². The Bertz CT molecular complexity index is 618. The Balaban J connectivity index is 1.55. The second-order valence-electron chi connectivity index (χ2n) is 6.20. The lowest BCUT2D eigenvalue weighted by Crippen LogP contribution is -2.48. The van der Waals surface area contributed by atoms with Crippen molar-refractivity contribution in [3.05, 3.63) is 24.3 Å². The van der Waals surface area contributed by atoms with Crippen LogP contribution in [0.25, 0.3) is 0 Å². The van der Waals surface area contributed by atoms with Crippen LogP contribution in [0.5, 0.6) is 0 Å². The molecule has 0 saturated carbocycles. The van der Waals surface area contributed by atoms with Gasteiger partial charge in [-0.15, -0.1) is 11.8 Å². The molecular formula is C17H23N3O2S2. The molecule has 2 aliphatic heterocycles. The van der Waals surface area contributed by atoms with E-state index >= 15 is 0 Å². The molecule has 2 aliphatic rings. The lowest BCUT2D eigenvalue weighted by atomic mass is 10.0. The van der Waals surface area contributed by atoms with E-state index in [1.807, 2.05) is 30.0 Å². The molecule has 1 aromatic rings. The van der Waals surface area contributed by atoms with Crippen molar-refractivity contribution < 1.29 is 9.53 Å². The zero-order valence-corrected chi connectivity index (χ0v) is 15.7. The number of rotatable bonds is 3. The predicted molar refractivity (Wildman–Crippen MR) is 102 cm³/mol. The minimum atomic E-state index is -0.171. The van der Waals surface area contributed by atoms with E-state index in [0.717, 1.165) is 36.7 Å². The topological polar surface area (TPSA) is 44.8 Å². The summed E-state index contributed by atoms with van der Waals surface area (Å²) < 4.78 is 5.24. The Kier molecular flexibility index (Phi) is 5.50. The van der Waals surface area contributed by atoms with Crippen molar-refractivity contribution in [1.82, 2.24) is 9.80 Å². The normalized spacial score (nSPS) is 21.8. The van der Waals surface area contributed by atoms with Crippen LogP contribution in [0, 0.1) is 0 Å². The maximum Gasteiger partial charge on any atom is 0.410 e. The molecule has 2 heterocycles. The van der Waals surface area contributed by atoms with Gasteiger partial charge in [0, 0.05) is 24.0 Å². The van der Waals surface area contributed by atoms with Crippen LogP contribution in [0.4, 0.5) is 10.5 Å². The van der Waals surface area contributed by atoms with Crippen LogP contribution < -0.4 is 5.32 Å². The summed E-state index contributed by atoms with van der Waals surface area (Å²) in [7, 11) is 0. The Labute approximate surface area is 152 Å². The third-order valence-corrected chi connectivity index (χ3v) is 5.69. The fraction of sp³-hybridized carbons (Fsp3) is 0.529. The summed E-state index contributed by atoms with van der Waals surface area (Å²) >= 11 is 7.28. The van der Waals surface area contributed by atoms with E-state index in [9.17, 15) is 4.79 Å². The molecule has 5 nitrogen and oxygen atoms in total. The van der Waals surface area contributed by atoms with Gasteiger partial charge >= 0.3 is 6.09 Å². The summed E-state index contributed by atoms with van der Waals surface area (Å²) in [6.45, 7) is 4.36. The number of amides is 1. The van der Waals surface area contributed by atoms with E-state index in [1.165, 1.54) is 4.90 Å². The molecule has 1 unspecified atom stereocenters. The van der Waals surface area contributed by atoms with Gasteiger partial charge in [0.25, 0.3) is 0 Å². The number of cyclic esters (lactones) is 1. The van der Waals surface area contributed by atoms with Crippen LogP contribution in [0.1, 0.15) is 19.8 Å². The summed E-state index contributed by atoms with van der Waals surface area (Å²) in [6.07, 6.45) is 3.74. The number of nitrogens with zero attached hydrogens (tertiary/aromatic N) is 2. The van der Waals surface area contributed by atoms with Crippen LogP contribution in [-0.4, -0.2) is 59.0 Å². The molecule has 0 aliphatic carbocycles. The second-order valence-corrected chi connectivity index (χ2v) is 7.43. The fourth-order valence-electron chi connectivity index (χ4n) is 3.25. The van der Waals surface area contributed by atoms with Crippen molar-refractivity contribution in [2.75, 3.05) is 31.2 Å². The van der Waals surface area contributed by atoms with Gasteiger partial charge in [-0.1, -0.05) is 12.1 Å². The van der Waals surface area contributed by atoms with Crippen molar-refractivity contribution in [1.29, 1.82) is 0 Å². The highest BCUT2D eigenvalue weighted by molar-refractivity contribution is 7.98. The minimum Gasteiger partial charge on any atom is -0.444 e. The number of hydrogen-bond donors (Lipinski definition) is 1. The number of benzene rings is 1. The number of thioether (sulfide) groups is 1. The molecule has 2 saturated heterocycles. The predicted octanol–water partition coefficient (Wildman–Crippen LogP) is 3.41. The molecule has 0 spiro atoms. The minimum absolute atomic E-state index is 0.00122. The number of likely N-dealkylation sites (tertiary alicyclic amines) is 1. The molecule has 1 atom stereocenters. The van der Waals surface area contributed by atoms with E-state index in [1.54, 1.807) is 11.8 Å². The molecule has 24 heavy (non-hydrogen) atoms. The number of nitrogens with one attached hydrogen (secondary N) is 1. The Hall–Kier alpha value is -1.47. The van der Waals surface area contributed by atoms with E-state index in [4.69, 9.17) is 17.0 Å². The van der Waals surface area contributed by atoms with Crippen LogP contribution in [0.2, 0.25) is 0 Å². The zero-order valence-electron chi connectivity index (χ0n) is 14.0. The summed E-state index contributed by atoms with van der Waals surface area (Å²) in [5.41, 5.74) is 1.05. The second kappa shape index (κ2) is 7.61. The van der Waals surface area contributed by atoms with Gasteiger partial charge < -0.3 is 19.9 Å². The van der Waals surface area contributed by atoms with Gasteiger partial charge in [0.05, 0.1) is 12.2 Å². The summed E-state index contributed by atoms with van der Waals surface area (Å²) in [5, 5.41) is 4.12. The average Bonchev–Trinajstić information content (AvgIpc) is 2.94. The standard InChI is InChI=1S/C17H23N3O2S2/c1-12-11-20(17(21)22-12)13-7-9-19(10-8-13)16(23)18-14-5-3-4-6-15(14)24-2/h3-6,12-13H,7-11H2,1-2H3,(H,18,23). The molecule has 1 N–H and O–H groups in total. The molecule has 130 valence electrons. The maximum atomic E-state index is 11.9. The molecule has 0 radical (unpaired) electrons. The first-order chi connectivity index (χ1) is 11.6. The van der Waals surface area contributed by atoms with E-state index < -0.39 is 0 Å². The highest BCUT2D eigenvalue weighted by Crippen LogP contribution is 2.26. The van der Waals surface area contributed by atoms with Gasteiger partial charge in [0.2, 0.25) is 0 Å². The molecular weight excluding hydrogens is 342 g/mol. The monoisotopic (exact) mass is 365 g/mol. The van der Waals surface area contributed by atoms with Crippen LogP contribution in [0.15, 0.2) is 29.2 Å². The molecule has 7 heteroatoms. The first-order valence-corrected chi connectivity index (χ1v) is 9.88. The quantitative estimate of drug-likeness (QED) is 0.654. The van der Waals surface area contributed by atoms with Gasteiger partial charge in [0.15, 0.2) is 5.11 Å². The van der Waals surface area contributed by atoms with Gasteiger partial charge in [0.1, 0.15) is 6.10 Å². The third-order valence-electron chi connectivity index (χ3n) is 4.53. The first kappa shape index (κ1) is 17.4. The molecule has 2 fully saturated rings. The number of carbonyl (C=O) groups excluding carboxylic acids is 1. The Morgan fingerprint density at radius 3 is 2.67 bits per heavy atom. The zero-order chi connectivity index (χ0) is 17.1. The fourth-order valence-corrected chi connectivity index (χ4v) is 4.10. The summed E-state index contributed by atoms with van der Waals surface area (Å²) in [4.78, 5) is 17.1. The first-order valence-electron chi connectivity index (χ1n) is 8.24. The number of anilines is 1. The van der Waals surface area contributed by atoms with Crippen molar-refractivity contribution >= 4 is 40.9 Å². The maximum absolute atomic E-state index is 11.9. The number of carbonyl (C=O) groups is 1. The highest BCUT2D eigenvalue weighted by Gasteiger charge is 2.35. The molecule has 1 amide bonds. The largest absolute Gasteiger partial charge is 0.444 e. The molecule has 0 aromatic heterocycles. The summed E-state index contributed by atoms with van der Waals surface area (Å²) in [5.74, 6) is 0. The van der Waals surface area contributed by atoms with Crippen molar-refractivity contribution in [2.24, 2.45) is 0 Å². The molecule has 1 aromatic carbocycles. The Morgan fingerprint density at radius 1 is 1.33 bits per heavy atom. The number of hydrogen-bond acceptors (Lipinski definition) is 4. The van der Waals surface area contributed by atoms with Crippen molar-refractivity contribution in [3.63, 3.8) is 0 Å². The molecule has 0 bridgehead atoms. The van der Waals surface area contributed by atoms with Crippen LogP contribution in [0.3, 0.4) is 0 Å². The SMILES string of the molecule is CSc1ccccc1NC(=S)N1CCC(N2CC(C)OC2=O)CC1.